The fourth-order valence-electron chi connectivity index (χ4n) is 4.86. The average Bonchev–Trinajstić information content (AvgIpc) is 3.16. The molecule has 0 aliphatic carbocycles. The van der Waals surface area contributed by atoms with E-state index < -0.39 is 23.9 Å². The number of rotatable bonds is 3. The lowest BCUT2D eigenvalue weighted by molar-refractivity contribution is -0.137. The molecule has 10 nitrogen and oxygen atoms in total. The first-order chi connectivity index (χ1) is 18.8. The van der Waals surface area contributed by atoms with Gasteiger partial charge in [-0.15, -0.1) is 0 Å². The summed E-state index contributed by atoms with van der Waals surface area (Å²) < 4.78 is 5.89. The van der Waals surface area contributed by atoms with Crippen LogP contribution in [0.3, 0.4) is 0 Å². The molecule has 2 aliphatic rings. The topological polar surface area (TPSA) is 111 Å². The minimum Gasteiger partial charge on any atom is -0.491 e. The highest BCUT2D eigenvalue weighted by molar-refractivity contribution is 6.01. The summed E-state index contributed by atoms with van der Waals surface area (Å²) >= 11 is 0. The van der Waals surface area contributed by atoms with Gasteiger partial charge >= 0.3 is 0 Å². The summed E-state index contributed by atoms with van der Waals surface area (Å²) in [4.78, 5) is 59.1. The number of carbonyl (C=O) groups is 4. The Labute approximate surface area is 229 Å². The molecule has 0 radical (unpaired) electrons. The van der Waals surface area contributed by atoms with Gasteiger partial charge < -0.3 is 30.1 Å². The van der Waals surface area contributed by atoms with Gasteiger partial charge in [-0.05, 0) is 37.7 Å². The molecule has 2 N–H and O–H groups in total. The molecule has 1 saturated heterocycles. The molecule has 0 unspecified atom stereocenters. The van der Waals surface area contributed by atoms with Crippen molar-refractivity contribution in [1.29, 1.82) is 0 Å². The Bertz CT molecular complexity index is 1170. The maximum Gasteiger partial charge on any atom is 0.255 e. The van der Waals surface area contributed by atoms with E-state index in [-0.39, 0.29) is 37.0 Å². The van der Waals surface area contributed by atoms with Crippen LogP contribution in [0.4, 0.5) is 0 Å². The molecule has 10 heteroatoms. The number of nitrogens with one attached hydrogen (secondary N) is 2. The largest absolute Gasteiger partial charge is 0.491 e. The van der Waals surface area contributed by atoms with E-state index in [9.17, 15) is 19.2 Å². The van der Waals surface area contributed by atoms with E-state index in [1.165, 1.54) is 4.90 Å². The molecule has 2 aromatic carbocycles. The summed E-state index contributed by atoms with van der Waals surface area (Å²) in [7, 11) is 3.66. The monoisotopic (exact) mass is 535 g/mol. The van der Waals surface area contributed by atoms with E-state index >= 15 is 0 Å². The second-order valence-corrected chi connectivity index (χ2v) is 10.1. The molecule has 4 amide bonds. The summed E-state index contributed by atoms with van der Waals surface area (Å²) in [6.07, 6.45) is 0.802. The SMILES string of the molecule is CN1CCCN(C(=O)[C@@H]2CC(=O)N[C@@H](Cc3ccccc3)C(=O)N(C)CCOc3ccccc3C(=O)N2)CC1. The van der Waals surface area contributed by atoms with E-state index in [1.54, 1.807) is 36.2 Å². The Morgan fingerprint density at radius 1 is 0.897 bits per heavy atom. The van der Waals surface area contributed by atoms with Crippen molar-refractivity contribution in [2.45, 2.75) is 31.3 Å². The number of likely N-dealkylation sites (N-methyl/N-ethyl adjacent to an activating group) is 2. The van der Waals surface area contributed by atoms with Crippen LogP contribution in [0.2, 0.25) is 0 Å². The molecule has 0 saturated carbocycles. The first-order valence-corrected chi connectivity index (χ1v) is 13.4. The number of amides is 4. The third-order valence-corrected chi connectivity index (χ3v) is 7.13. The van der Waals surface area contributed by atoms with Crippen LogP contribution in [0.5, 0.6) is 5.75 Å². The van der Waals surface area contributed by atoms with Crippen LogP contribution in [-0.2, 0) is 20.8 Å². The highest BCUT2D eigenvalue weighted by atomic mass is 16.5. The van der Waals surface area contributed by atoms with Crippen LogP contribution in [-0.4, -0.2) is 104 Å². The van der Waals surface area contributed by atoms with E-state index in [2.05, 4.69) is 15.5 Å². The zero-order valence-corrected chi connectivity index (χ0v) is 22.6. The van der Waals surface area contributed by atoms with Gasteiger partial charge in [-0.1, -0.05) is 42.5 Å². The molecule has 2 aliphatic heterocycles. The van der Waals surface area contributed by atoms with Crippen LogP contribution < -0.4 is 15.4 Å². The van der Waals surface area contributed by atoms with Gasteiger partial charge in [0, 0.05) is 33.1 Å². The zero-order chi connectivity index (χ0) is 27.8. The smallest absolute Gasteiger partial charge is 0.255 e. The van der Waals surface area contributed by atoms with E-state index in [4.69, 9.17) is 4.74 Å². The normalized spacial score (nSPS) is 22.1. The number of para-hydroxylation sites is 1. The van der Waals surface area contributed by atoms with Crippen LogP contribution >= 0.6 is 0 Å². The minimum atomic E-state index is -1.10. The predicted molar refractivity (Wildman–Crippen MR) is 146 cm³/mol. The minimum absolute atomic E-state index is 0.155. The van der Waals surface area contributed by atoms with Crippen molar-refractivity contribution in [2.24, 2.45) is 0 Å². The first-order valence-electron chi connectivity index (χ1n) is 13.4. The molecule has 2 heterocycles. The van der Waals surface area contributed by atoms with Gasteiger partial charge in [0.25, 0.3) is 5.91 Å². The lowest BCUT2D eigenvalue weighted by Gasteiger charge is -2.29. The Hall–Kier alpha value is -3.92. The van der Waals surface area contributed by atoms with E-state index in [0.29, 0.717) is 31.8 Å². The van der Waals surface area contributed by atoms with Crippen LogP contribution in [0.1, 0.15) is 28.8 Å². The van der Waals surface area contributed by atoms with Crippen molar-refractivity contribution in [3.8, 4) is 5.75 Å². The van der Waals surface area contributed by atoms with Gasteiger partial charge in [-0.3, -0.25) is 19.2 Å². The molecule has 2 aromatic rings. The number of benzene rings is 2. The molecule has 0 spiro atoms. The first kappa shape index (κ1) is 28.1. The van der Waals surface area contributed by atoms with Crippen molar-refractivity contribution < 1.29 is 23.9 Å². The van der Waals surface area contributed by atoms with E-state index in [1.807, 2.05) is 37.4 Å². The van der Waals surface area contributed by atoms with Crippen LogP contribution in [0, 0.1) is 0 Å². The standard InChI is InChI=1S/C29H37N5O5/c1-32-13-8-14-34(16-15-32)29(38)24-20-26(35)30-23(19-21-9-4-3-5-10-21)28(37)33(2)17-18-39-25-12-7-6-11-22(25)27(36)31-24/h3-7,9-12,23-24H,8,13-20H2,1-2H3,(H,30,35)(H,31,36)/t23-,24-/m0/s1. The summed E-state index contributed by atoms with van der Waals surface area (Å²) in [6, 6.07) is 14.3. The number of carbonyl (C=O) groups excluding carboxylic acids is 4. The Balaban J connectivity index is 1.63. The number of nitrogens with zero attached hydrogens (tertiary/aromatic N) is 3. The third kappa shape index (κ3) is 7.57. The third-order valence-electron chi connectivity index (χ3n) is 7.13. The molecule has 0 aromatic heterocycles. The van der Waals surface area contributed by atoms with Crippen LogP contribution in [0.15, 0.2) is 54.6 Å². The highest BCUT2D eigenvalue weighted by Gasteiger charge is 2.32. The second kappa shape index (κ2) is 13.2. The molecule has 208 valence electrons. The maximum atomic E-state index is 13.7. The lowest BCUT2D eigenvalue weighted by atomic mass is 10.0. The predicted octanol–water partition coefficient (Wildman–Crippen LogP) is 0.918. The Kier molecular flexibility index (Phi) is 9.54. The summed E-state index contributed by atoms with van der Waals surface area (Å²) in [5.41, 5.74) is 1.16. The Morgan fingerprint density at radius 3 is 2.44 bits per heavy atom. The maximum absolute atomic E-state index is 13.7. The van der Waals surface area contributed by atoms with Gasteiger partial charge in [0.1, 0.15) is 24.4 Å². The lowest BCUT2D eigenvalue weighted by Crippen LogP contribution is -2.54. The average molecular weight is 536 g/mol. The van der Waals surface area contributed by atoms with Crippen molar-refractivity contribution in [3.05, 3.63) is 65.7 Å². The van der Waals surface area contributed by atoms with Gasteiger partial charge in [0.15, 0.2) is 0 Å². The van der Waals surface area contributed by atoms with Gasteiger partial charge in [0.05, 0.1) is 18.5 Å². The fraction of sp³-hybridized carbons (Fsp3) is 0.448. The van der Waals surface area contributed by atoms with Gasteiger partial charge in [-0.25, -0.2) is 0 Å². The number of ether oxygens (including phenoxy) is 1. The van der Waals surface area contributed by atoms with Gasteiger partial charge in [0.2, 0.25) is 17.7 Å². The molecule has 1 fully saturated rings. The quantitative estimate of drug-likeness (QED) is 0.605. The molecule has 2 atom stereocenters. The number of hydrogen-bond donors (Lipinski definition) is 2. The van der Waals surface area contributed by atoms with Gasteiger partial charge in [-0.2, -0.15) is 0 Å². The summed E-state index contributed by atoms with van der Waals surface area (Å²) in [5.74, 6) is -1.21. The zero-order valence-electron chi connectivity index (χ0n) is 22.6. The highest BCUT2D eigenvalue weighted by Crippen LogP contribution is 2.19. The van der Waals surface area contributed by atoms with Crippen LogP contribution in [0.25, 0.3) is 0 Å². The van der Waals surface area contributed by atoms with Crippen molar-refractivity contribution >= 4 is 23.6 Å². The Morgan fingerprint density at radius 2 is 1.64 bits per heavy atom. The molecule has 0 bridgehead atoms. The molecular formula is C29H37N5O5. The van der Waals surface area contributed by atoms with E-state index in [0.717, 1.165) is 18.5 Å². The summed E-state index contributed by atoms with van der Waals surface area (Å²) in [5, 5.41) is 5.63. The number of fused-ring (bicyclic) bond motifs is 1. The summed E-state index contributed by atoms with van der Waals surface area (Å²) in [6.45, 7) is 3.03. The van der Waals surface area contributed by atoms with Crippen molar-refractivity contribution in [1.82, 2.24) is 25.3 Å². The second-order valence-electron chi connectivity index (χ2n) is 10.1. The molecule has 4 rings (SSSR count). The number of hydrogen-bond acceptors (Lipinski definition) is 6. The molecule has 39 heavy (non-hydrogen) atoms. The van der Waals surface area contributed by atoms with Crippen molar-refractivity contribution in [3.63, 3.8) is 0 Å². The fourth-order valence-corrected chi connectivity index (χ4v) is 4.86. The molecular weight excluding hydrogens is 498 g/mol. The van der Waals surface area contributed by atoms with Crippen molar-refractivity contribution in [2.75, 3.05) is 53.4 Å².